The average Bonchev–Trinajstić information content (AvgIpc) is 3.70. The Balaban J connectivity index is 0.982. The molecule has 1 aromatic heterocycles. The van der Waals surface area contributed by atoms with E-state index >= 15 is 0 Å². The summed E-state index contributed by atoms with van der Waals surface area (Å²) in [6, 6.07) is 24.2. The predicted octanol–water partition coefficient (Wildman–Crippen LogP) is 4.83. The molecule has 3 aromatic carbocycles. The molecule has 2 saturated heterocycles. The van der Waals surface area contributed by atoms with Crippen LogP contribution in [0.15, 0.2) is 83.9 Å². The Morgan fingerprint density at radius 2 is 1.53 bits per heavy atom. The van der Waals surface area contributed by atoms with Crippen LogP contribution in [0.25, 0.3) is 5.69 Å². The number of benzene rings is 3. The van der Waals surface area contributed by atoms with Crippen LogP contribution in [-0.4, -0.2) is 67.0 Å². The van der Waals surface area contributed by atoms with Crippen molar-refractivity contribution in [1.82, 2.24) is 14.3 Å². The van der Waals surface area contributed by atoms with Crippen LogP contribution in [0.1, 0.15) is 38.2 Å². The van der Waals surface area contributed by atoms with Gasteiger partial charge in [-0.3, -0.25) is 0 Å². The highest BCUT2D eigenvalue weighted by Gasteiger charge is 2.30. The van der Waals surface area contributed by atoms with Gasteiger partial charge in [0.2, 0.25) is 0 Å². The third kappa shape index (κ3) is 6.25. The molecule has 226 valence electrons. The standard InChI is InChI=1S/C33H39N5O5/c1-4-24(2)38-33(39)37(23-34-38)27-11-9-25(10-12-27)35-17-19-36(20-18-35)26-13-15-28(16-14-26)41-21-29-22-42-32(43-29)30-7-5-6-8-31(30)40-3/h5-16,23-24,29,32H,4,17-22H2,1-3H3/t24?,29-,32-/m1/s1. The van der Waals surface area contributed by atoms with Gasteiger partial charge in [0.1, 0.15) is 30.5 Å². The lowest BCUT2D eigenvalue weighted by Crippen LogP contribution is -2.46. The second-order valence-electron chi connectivity index (χ2n) is 10.9. The summed E-state index contributed by atoms with van der Waals surface area (Å²) in [4.78, 5) is 17.5. The summed E-state index contributed by atoms with van der Waals surface area (Å²) >= 11 is 0. The summed E-state index contributed by atoms with van der Waals surface area (Å²) < 4.78 is 26.5. The van der Waals surface area contributed by atoms with Gasteiger partial charge in [-0.25, -0.2) is 14.0 Å². The molecule has 0 N–H and O–H groups in total. The SMILES string of the molecule is CCC(C)n1ncn(-c2ccc(N3CCN(c4ccc(OC[C@@H]5CO[C@@H](c6ccccc6OC)O5)cc4)CC3)cc2)c1=O. The first kappa shape index (κ1) is 28.8. The number of ether oxygens (including phenoxy) is 4. The minimum absolute atomic E-state index is 0.0772. The van der Waals surface area contributed by atoms with E-state index < -0.39 is 6.29 Å². The molecule has 4 aromatic rings. The molecule has 3 heterocycles. The Hall–Kier alpha value is -4.28. The van der Waals surface area contributed by atoms with Crippen LogP contribution in [0.4, 0.5) is 11.4 Å². The van der Waals surface area contributed by atoms with Crippen molar-refractivity contribution in [2.45, 2.75) is 38.7 Å². The quantitative estimate of drug-likeness (QED) is 0.262. The highest BCUT2D eigenvalue weighted by Crippen LogP contribution is 2.33. The Labute approximate surface area is 252 Å². The zero-order chi connectivity index (χ0) is 29.8. The van der Waals surface area contributed by atoms with E-state index in [9.17, 15) is 4.79 Å². The fourth-order valence-corrected chi connectivity index (χ4v) is 5.52. The number of hydrogen-bond acceptors (Lipinski definition) is 8. The van der Waals surface area contributed by atoms with Crippen LogP contribution in [0.3, 0.4) is 0 Å². The molecule has 0 amide bonds. The van der Waals surface area contributed by atoms with Crippen LogP contribution in [-0.2, 0) is 9.47 Å². The van der Waals surface area contributed by atoms with E-state index in [1.165, 1.54) is 5.69 Å². The number of piperazine rings is 1. The maximum atomic E-state index is 12.8. The first-order chi connectivity index (χ1) is 21.0. The number of aromatic nitrogens is 3. The molecule has 0 bridgehead atoms. The fraction of sp³-hybridized carbons (Fsp3) is 0.394. The van der Waals surface area contributed by atoms with Crippen molar-refractivity contribution in [2.24, 2.45) is 0 Å². The summed E-state index contributed by atoms with van der Waals surface area (Å²) in [5.74, 6) is 1.56. The third-order valence-electron chi connectivity index (χ3n) is 8.25. The maximum absolute atomic E-state index is 12.8. The van der Waals surface area contributed by atoms with Gasteiger partial charge < -0.3 is 28.7 Å². The number of rotatable bonds is 10. The highest BCUT2D eigenvalue weighted by atomic mass is 16.7. The minimum atomic E-state index is -0.451. The molecule has 3 atom stereocenters. The van der Waals surface area contributed by atoms with Crippen molar-refractivity contribution < 1.29 is 18.9 Å². The van der Waals surface area contributed by atoms with E-state index in [1.807, 2.05) is 55.5 Å². The second-order valence-corrected chi connectivity index (χ2v) is 10.9. The van der Waals surface area contributed by atoms with E-state index in [0.717, 1.165) is 61.0 Å². The van der Waals surface area contributed by atoms with Crippen LogP contribution in [0.5, 0.6) is 11.5 Å². The van der Waals surface area contributed by atoms with E-state index in [0.29, 0.717) is 13.2 Å². The van der Waals surface area contributed by atoms with Gasteiger partial charge in [0, 0.05) is 43.1 Å². The lowest BCUT2D eigenvalue weighted by Gasteiger charge is -2.37. The third-order valence-corrected chi connectivity index (χ3v) is 8.25. The van der Waals surface area contributed by atoms with E-state index in [2.05, 4.69) is 46.1 Å². The lowest BCUT2D eigenvalue weighted by atomic mass is 10.2. The van der Waals surface area contributed by atoms with Crippen molar-refractivity contribution in [2.75, 3.05) is 56.3 Å². The Morgan fingerprint density at radius 3 is 2.19 bits per heavy atom. The lowest BCUT2D eigenvalue weighted by molar-refractivity contribution is -0.0670. The molecule has 1 unspecified atom stereocenters. The summed E-state index contributed by atoms with van der Waals surface area (Å²) in [6.45, 7) is 8.60. The van der Waals surface area contributed by atoms with Gasteiger partial charge in [0.25, 0.3) is 0 Å². The maximum Gasteiger partial charge on any atom is 0.350 e. The van der Waals surface area contributed by atoms with Crippen molar-refractivity contribution in [3.63, 3.8) is 0 Å². The number of methoxy groups -OCH3 is 1. The molecule has 43 heavy (non-hydrogen) atoms. The van der Waals surface area contributed by atoms with Crippen LogP contribution >= 0.6 is 0 Å². The number of para-hydroxylation sites is 1. The molecular formula is C33H39N5O5. The summed E-state index contributed by atoms with van der Waals surface area (Å²) in [7, 11) is 1.65. The van der Waals surface area contributed by atoms with Crippen LogP contribution in [0.2, 0.25) is 0 Å². The Kier molecular flexibility index (Phi) is 8.67. The van der Waals surface area contributed by atoms with Gasteiger partial charge in [0.15, 0.2) is 6.29 Å². The molecule has 0 saturated carbocycles. The average molecular weight is 586 g/mol. The Bertz CT molecular complexity index is 1540. The second kappa shape index (κ2) is 12.9. The molecule has 2 aliphatic heterocycles. The number of nitrogens with zero attached hydrogens (tertiary/aromatic N) is 5. The molecule has 2 aliphatic rings. The van der Waals surface area contributed by atoms with Crippen LogP contribution < -0.4 is 25.0 Å². The van der Waals surface area contributed by atoms with Crippen molar-refractivity contribution in [3.05, 3.63) is 95.2 Å². The van der Waals surface area contributed by atoms with Gasteiger partial charge in [-0.15, -0.1) is 0 Å². The normalized spacial score (nSPS) is 19.4. The molecule has 0 spiro atoms. The first-order valence-electron chi connectivity index (χ1n) is 14.9. The van der Waals surface area contributed by atoms with Gasteiger partial charge in [-0.1, -0.05) is 25.1 Å². The fourth-order valence-electron chi connectivity index (χ4n) is 5.52. The van der Waals surface area contributed by atoms with Crippen LogP contribution in [0, 0.1) is 0 Å². The molecule has 10 heteroatoms. The van der Waals surface area contributed by atoms with Crippen molar-refractivity contribution in [3.8, 4) is 17.2 Å². The highest BCUT2D eigenvalue weighted by molar-refractivity contribution is 5.54. The van der Waals surface area contributed by atoms with Gasteiger partial charge in [0.05, 0.1) is 25.4 Å². The predicted molar refractivity (Wildman–Crippen MR) is 166 cm³/mol. The number of anilines is 2. The molecule has 0 radical (unpaired) electrons. The first-order valence-corrected chi connectivity index (χ1v) is 14.9. The zero-order valence-corrected chi connectivity index (χ0v) is 25.0. The largest absolute Gasteiger partial charge is 0.496 e. The van der Waals surface area contributed by atoms with Crippen molar-refractivity contribution >= 4 is 11.4 Å². The van der Waals surface area contributed by atoms with E-state index in [1.54, 1.807) is 22.7 Å². The molecule has 2 fully saturated rings. The molecule has 6 rings (SSSR count). The van der Waals surface area contributed by atoms with Gasteiger partial charge >= 0.3 is 5.69 Å². The number of hydrogen-bond donors (Lipinski definition) is 0. The topological polar surface area (TPSA) is 83.2 Å². The van der Waals surface area contributed by atoms with Crippen molar-refractivity contribution in [1.29, 1.82) is 0 Å². The molecular weight excluding hydrogens is 546 g/mol. The smallest absolute Gasteiger partial charge is 0.350 e. The van der Waals surface area contributed by atoms with E-state index in [4.69, 9.17) is 18.9 Å². The Morgan fingerprint density at radius 1 is 0.907 bits per heavy atom. The minimum Gasteiger partial charge on any atom is -0.496 e. The van der Waals surface area contributed by atoms with E-state index in [-0.39, 0.29) is 17.8 Å². The van der Waals surface area contributed by atoms with Gasteiger partial charge in [-0.05, 0) is 67.9 Å². The monoisotopic (exact) mass is 585 g/mol. The summed E-state index contributed by atoms with van der Waals surface area (Å²) in [5.41, 5.74) is 3.94. The molecule has 0 aliphatic carbocycles. The summed E-state index contributed by atoms with van der Waals surface area (Å²) in [6.07, 6.45) is 1.86. The summed E-state index contributed by atoms with van der Waals surface area (Å²) in [5, 5.41) is 4.29. The molecule has 10 nitrogen and oxygen atoms in total. The van der Waals surface area contributed by atoms with Gasteiger partial charge in [-0.2, -0.15) is 5.10 Å². The zero-order valence-electron chi connectivity index (χ0n) is 25.0.